The highest BCUT2D eigenvalue weighted by molar-refractivity contribution is 5.94. The summed E-state index contributed by atoms with van der Waals surface area (Å²) in [5.74, 6) is -0.429. The van der Waals surface area contributed by atoms with Gasteiger partial charge < -0.3 is 5.21 Å². The second-order valence-electron chi connectivity index (χ2n) is 5.67. The lowest BCUT2D eigenvalue weighted by Gasteiger charge is -2.03. The third kappa shape index (κ3) is 4.41. The van der Waals surface area contributed by atoms with Crippen LogP contribution in [-0.2, 0) is 6.54 Å². The lowest BCUT2D eigenvalue weighted by Crippen LogP contribution is -2.28. The van der Waals surface area contributed by atoms with Gasteiger partial charge in [-0.1, -0.05) is 19.8 Å². The molecule has 0 aliphatic carbocycles. The summed E-state index contributed by atoms with van der Waals surface area (Å²) in [5.41, 5.74) is 5.49. The number of aryl methyl sites for hydroxylation is 2. The van der Waals surface area contributed by atoms with Gasteiger partial charge in [0.1, 0.15) is 5.56 Å². The summed E-state index contributed by atoms with van der Waals surface area (Å²) in [6.07, 6.45) is 7.55. The Hall–Kier alpha value is -2.70. The maximum absolute atomic E-state index is 11.9. The van der Waals surface area contributed by atoms with Crippen molar-refractivity contribution in [1.29, 1.82) is 0 Å². The zero-order valence-electron chi connectivity index (χ0n) is 14.3. The van der Waals surface area contributed by atoms with E-state index in [0.717, 1.165) is 29.9 Å². The van der Waals surface area contributed by atoms with Crippen molar-refractivity contribution >= 4 is 12.1 Å². The van der Waals surface area contributed by atoms with E-state index in [1.165, 1.54) is 31.3 Å². The molecule has 0 spiro atoms. The van der Waals surface area contributed by atoms with Crippen LogP contribution in [0.3, 0.4) is 0 Å². The van der Waals surface area contributed by atoms with Crippen molar-refractivity contribution < 1.29 is 9.52 Å². The van der Waals surface area contributed by atoms with Crippen LogP contribution in [0.25, 0.3) is 0 Å². The molecule has 24 heavy (non-hydrogen) atoms. The molecule has 1 amide bonds. The van der Waals surface area contributed by atoms with Crippen LogP contribution in [0, 0.1) is 19.1 Å². The molecule has 0 saturated carbocycles. The minimum Gasteiger partial charge on any atom is -0.619 e. The first-order chi connectivity index (χ1) is 11.5. The number of hydrogen-bond acceptors (Lipinski definition) is 4. The SMILES string of the molecule is CCCCCn1nc(C)c(C=NNC(=O)c2ccc[n+]([O-])c2)c1C. The van der Waals surface area contributed by atoms with Crippen LogP contribution >= 0.6 is 0 Å². The quantitative estimate of drug-likeness (QED) is 0.277. The maximum Gasteiger partial charge on any atom is 0.277 e. The van der Waals surface area contributed by atoms with Crippen LogP contribution in [0.4, 0.5) is 0 Å². The second kappa shape index (κ2) is 8.24. The number of carbonyl (C=O) groups excluding carboxylic acids is 1. The molecule has 0 atom stereocenters. The normalized spacial score (nSPS) is 11.1. The first-order valence-corrected chi connectivity index (χ1v) is 8.09. The van der Waals surface area contributed by atoms with Crippen LogP contribution in [0.15, 0.2) is 29.6 Å². The van der Waals surface area contributed by atoms with Crippen LogP contribution in [0.2, 0.25) is 0 Å². The van der Waals surface area contributed by atoms with Gasteiger partial charge in [-0.25, -0.2) is 5.43 Å². The van der Waals surface area contributed by atoms with Crippen molar-refractivity contribution in [2.75, 3.05) is 0 Å². The van der Waals surface area contributed by atoms with E-state index in [9.17, 15) is 10.0 Å². The first kappa shape index (κ1) is 17.7. The topological polar surface area (TPSA) is 86.2 Å². The average molecular weight is 329 g/mol. The zero-order valence-corrected chi connectivity index (χ0v) is 14.3. The number of hydrogen-bond donors (Lipinski definition) is 1. The Bertz CT molecular complexity index is 737. The molecule has 2 rings (SSSR count). The maximum atomic E-state index is 11.9. The number of nitrogens with one attached hydrogen (secondary N) is 1. The number of hydrazone groups is 1. The predicted octanol–water partition coefficient (Wildman–Crippen LogP) is 2.09. The molecular weight excluding hydrogens is 306 g/mol. The van der Waals surface area contributed by atoms with E-state index in [0.29, 0.717) is 4.73 Å². The number of rotatable bonds is 7. The molecule has 0 aromatic carbocycles. The Morgan fingerprint density at radius 1 is 1.46 bits per heavy atom. The summed E-state index contributed by atoms with van der Waals surface area (Å²) in [6, 6.07) is 3.07. The lowest BCUT2D eigenvalue weighted by molar-refractivity contribution is -0.605. The van der Waals surface area contributed by atoms with Crippen molar-refractivity contribution in [3.63, 3.8) is 0 Å². The third-order valence-corrected chi connectivity index (χ3v) is 3.81. The van der Waals surface area contributed by atoms with Crippen molar-refractivity contribution in [2.24, 2.45) is 5.10 Å². The molecule has 0 saturated heterocycles. The van der Waals surface area contributed by atoms with Gasteiger partial charge in [0.05, 0.1) is 11.9 Å². The molecule has 2 aromatic rings. The largest absolute Gasteiger partial charge is 0.619 e. The fourth-order valence-corrected chi connectivity index (χ4v) is 2.44. The highest BCUT2D eigenvalue weighted by Crippen LogP contribution is 2.12. The Morgan fingerprint density at radius 3 is 2.96 bits per heavy atom. The van der Waals surface area contributed by atoms with E-state index in [4.69, 9.17) is 0 Å². The summed E-state index contributed by atoms with van der Waals surface area (Å²) in [4.78, 5) is 11.9. The van der Waals surface area contributed by atoms with E-state index in [1.54, 1.807) is 12.3 Å². The highest BCUT2D eigenvalue weighted by Gasteiger charge is 2.10. The lowest BCUT2D eigenvalue weighted by atomic mass is 10.2. The number of amides is 1. The van der Waals surface area contributed by atoms with Gasteiger partial charge in [-0.05, 0) is 26.3 Å². The van der Waals surface area contributed by atoms with E-state index in [2.05, 4.69) is 22.5 Å². The number of aromatic nitrogens is 3. The minimum atomic E-state index is -0.429. The monoisotopic (exact) mass is 329 g/mol. The molecule has 128 valence electrons. The van der Waals surface area contributed by atoms with Gasteiger partial charge in [-0.2, -0.15) is 14.9 Å². The standard InChI is InChI=1S/C17H23N5O2/c1-4-5-6-10-22-14(3)16(13(2)20-22)11-18-19-17(23)15-8-7-9-21(24)12-15/h7-9,11-12H,4-6,10H2,1-3H3,(H,19,23). The molecule has 7 nitrogen and oxygen atoms in total. The molecule has 0 radical (unpaired) electrons. The minimum absolute atomic E-state index is 0.258. The van der Waals surface area contributed by atoms with E-state index >= 15 is 0 Å². The van der Waals surface area contributed by atoms with E-state index in [-0.39, 0.29) is 5.56 Å². The number of nitrogens with zero attached hydrogens (tertiary/aromatic N) is 4. The predicted molar refractivity (Wildman–Crippen MR) is 91.7 cm³/mol. The first-order valence-electron chi connectivity index (χ1n) is 8.09. The number of carbonyl (C=O) groups is 1. The Kier molecular flexibility index (Phi) is 6.06. The van der Waals surface area contributed by atoms with E-state index in [1.807, 2.05) is 18.5 Å². The molecule has 0 unspecified atom stereocenters. The van der Waals surface area contributed by atoms with Crippen molar-refractivity contribution in [3.8, 4) is 0 Å². The summed E-state index contributed by atoms with van der Waals surface area (Å²) in [5, 5.41) is 19.7. The Morgan fingerprint density at radius 2 is 2.25 bits per heavy atom. The second-order valence-corrected chi connectivity index (χ2v) is 5.67. The number of unbranched alkanes of at least 4 members (excludes halogenated alkanes) is 2. The van der Waals surface area contributed by atoms with Gasteiger partial charge in [-0.3, -0.25) is 9.48 Å². The average Bonchev–Trinajstić information content (AvgIpc) is 2.82. The van der Waals surface area contributed by atoms with Crippen molar-refractivity contribution in [3.05, 3.63) is 52.2 Å². The van der Waals surface area contributed by atoms with Crippen LogP contribution in [0.1, 0.15) is 53.5 Å². The van der Waals surface area contributed by atoms with Gasteiger partial charge in [0.25, 0.3) is 5.91 Å². The smallest absolute Gasteiger partial charge is 0.277 e. The molecule has 7 heteroatoms. The van der Waals surface area contributed by atoms with Crippen LogP contribution < -0.4 is 10.2 Å². The summed E-state index contributed by atoms with van der Waals surface area (Å²) < 4.78 is 2.55. The highest BCUT2D eigenvalue weighted by atomic mass is 16.5. The third-order valence-electron chi connectivity index (χ3n) is 3.81. The molecular formula is C17H23N5O2. The fraction of sp³-hybridized carbons (Fsp3) is 0.412. The molecule has 0 fully saturated rings. The molecule has 2 heterocycles. The molecule has 0 aliphatic heterocycles. The molecule has 1 N–H and O–H groups in total. The zero-order chi connectivity index (χ0) is 17.5. The molecule has 0 aliphatic rings. The summed E-state index contributed by atoms with van der Waals surface area (Å²) >= 11 is 0. The Balaban J connectivity index is 2.02. The molecule has 0 bridgehead atoms. The van der Waals surface area contributed by atoms with Gasteiger partial charge in [0.2, 0.25) is 0 Å². The van der Waals surface area contributed by atoms with Crippen LogP contribution in [-0.4, -0.2) is 21.9 Å². The van der Waals surface area contributed by atoms with Crippen molar-refractivity contribution in [2.45, 2.75) is 46.6 Å². The summed E-state index contributed by atoms with van der Waals surface area (Å²) in [6.45, 7) is 6.97. The summed E-state index contributed by atoms with van der Waals surface area (Å²) in [7, 11) is 0. The van der Waals surface area contributed by atoms with Gasteiger partial charge in [-0.15, -0.1) is 0 Å². The van der Waals surface area contributed by atoms with E-state index < -0.39 is 5.91 Å². The van der Waals surface area contributed by atoms with Gasteiger partial charge in [0.15, 0.2) is 12.4 Å². The molecule has 2 aromatic heterocycles. The van der Waals surface area contributed by atoms with Gasteiger partial charge in [0, 0.05) is 23.9 Å². The number of pyridine rings is 1. The fourth-order valence-electron chi connectivity index (χ4n) is 2.44. The Labute approximate surface area is 141 Å². The van der Waals surface area contributed by atoms with Crippen molar-refractivity contribution in [1.82, 2.24) is 15.2 Å². The van der Waals surface area contributed by atoms with Crippen LogP contribution in [0.5, 0.6) is 0 Å². The van der Waals surface area contributed by atoms with Gasteiger partial charge >= 0.3 is 0 Å².